The summed E-state index contributed by atoms with van der Waals surface area (Å²) >= 11 is 0. The fraction of sp³-hybridized carbons (Fsp3) is 0.250. The predicted octanol–water partition coefficient (Wildman–Crippen LogP) is 1.64. The number of nitrogen functional groups attached to an aromatic ring is 1. The summed E-state index contributed by atoms with van der Waals surface area (Å²) in [6.07, 6.45) is -0.576. The number of sulfonamides is 1. The maximum absolute atomic E-state index is 12.7. The summed E-state index contributed by atoms with van der Waals surface area (Å²) in [7, 11) is 0.612. The molecule has 31 heavy (non-hydrogen) atoms. The van der Waals surface area contributed by atoms with Gasteiger partial charge in [-0.2, -0.15) is 0 Å². The molecular formula is C20H22N4O6S. The standard InChI is InChI=1S/C20H22N4O6S/c1-11-13-6-5-12(29-20(26)24(3)4)9-17(13)30-19(25)14(11)10-16-15(21)7-8-18(23-16)31(27,28)22-2/h5-9,22H,10,21H2,1-4H3. The molecule has 164 valence electrons. The molecule has 3 aromatic rings. The number of hydrogen-bond acceptors (Lipinski definition) is 8. The van der Waals surface area contributed by atoms with E-state index in [4.69, 9.17) is 14.9 Å². The molecular weight excluding hydrogens is 424 g/mol. The van der Waals surface area contributed by atoms with Gasteiger partial charge >= 0.3 is 11.7 Å². The summed E-state index contributed by atoms with van der Waals surface area (Å²) in [5.41, 5.74) is 7.00. The van der Waals surface area contributed by atoms with Gasteiger partial charge in [-0.05, 0) is 43.8 Å². The first-order valence-electron chi connectivity index (χ1n) is 9.18. The molecule has 11 heteroatoms. The average molecular weight is 446 g/mol. The number of hydrogen-bond donors (Lipinski definition) is 2. The van der Waals surface area contributed by atoms with E-state index in [0.717, 1.165) is 0 Å². The van der Waals surface area contributed by atoms with Crippen LogP contribution in [-0.2, 0) is 16.4 Å². The van der Waals surface area contributed by atoms with Crippen molar-refractivity contribution in [3.8, 4) is 5.75 Å². The van der Waals surface area contributed by atoms with Crippen molar-refractivity contribution in [2.75, 3.05) is 26.9 Å². The molecule has 0 saturated heterocycles. The van der Waals surface area contributed by atoms with Crippen LogP contribution < -0.4 is 20.8 Å². The highest BCUT2D eigenvalue weighted by Crippen LogP contribution is 2.26. The van der Waals surface area contributed by atoms with Gasteiger partial charge in [-0.25, -0.2) is 27.7 Å². The highest BCUT2D eigenvalue weighted by molar-refractivity contribution is 7.89. The number of pyridine rings is 1. The Bertz CT molecular complexity index is 1330. The number of carbonyl (C=O) groups is 1. The molecule has 1 aromatic carbocycles. The van der Waals surface area contributed by atoms with Crippen molar-refractivity contribution in [1.82, 2.24) is 14.6 Å². The van der Waals surface area contributed by atoms with Gasteiger partial charge in [0.25, 0.3) is 10.0 Å². The molecule has 2 heterocycles. The van der Waals surface area contributed by atoms with Crippen molar-refractivity contribution in [2.45, 2.75) is 18.4 Å². The Morgan fingerprint density at radius 1 is 1.26 bits per heavy atom. The maximum atomic E-state index is 12.7. The van der Waals surface area contributed by atoms with Crippen LogP contribution in [0.25, 0.3) is 11.0 Å². The molecule has 0 radical (unpaired) electrons. The van der Waals surface area contributed by atoms with E-state index in [2.05, 4.69) is 9.71 Å². The Kier molecular flexibility index (Phi) is 6.00. The lowest BCUT2D eigenvalue weighted by atomic mass is 10.0. The minimum atomic E-state index is -3.77. The van der Waals surface area contributed by atoms with Gasteiger partial charge in [-0.1, -0.05) is 0 Å². The third-order valence-corrected chi connectivity index (χ3v) is 6.02. The Balaban J connectivity index is 2.04. The Labute approximate surface area is 178 Å². The third kappa shape index (κ3) is 4.52. The van der Waals surface area contributed by atoms with Gasteiger partial charge < -0.3 is 19.8 Å². The van der Waals surface area contributed by atoms with E-state index in [-0.39, 0.29) is 34.2 Å². The number of ether oxygens (including phenoxy) is 1. The number of nitrogens with zero attached hydrogens (tertiary/aromatic N) is 2. The fourth-order valence-electron chi connectivity index (χ4n) is 2.89. The molecule has 3 rings (SSSR count). The molecule has 0 unspecified atom stereocenters. The first-order valence-corrected chi connectivity index (χ1v) is 10.7. The number of carbonyl (C=O) groups excluding carboxylic acids is 1. The van der Waals surface area contributed by atoms with Crippen molar-refractivity contribution >= 4 is 32.8 Å². The number of nitrogens with two attached hydrogens (primary N) is 1. The van der Waals surface area contributed by atoms with Crippen LogP contribution in [0, 0.1) is 6.92 Å². The molecule has 0 aliphatic rings. The quantitative estimate of drug-likeness (QED) is 0.563. The van der Waals surface area contributed by atoms with Gasteiger partial charge in [0.15, 0.2) is 5.03 Å². The first kappa shape index (κ1) is 22.2. The van der Waals surface area contributed by atoms with E-state index in [1.165, 1.54) is 30.1 Å². The Hall–Kier alpha value is -3.44. The van der Waals surface area contributed by atoms with Crippen LogP contribution in [0.3, 0.4) is 0 Å². The minimum absolute atomic E-state index is 0.0135. The minimum Gasteiger partial charge on any atom is -0.422 e. The van der Waals surface area contributed by atoms with Gasteiger partial charge in [0.1, 0.15) is 11.3 Å². The van der Waals surface area contributed by atoms with Gasteiger partial charge in [-0.3, -0.25) is 0 Å². The van der Waals surface area contributed by atoms with Crippen molar-refractivity contribution in [3.05, 3.63) is 57.6 Å². The molecule has 10 nitrogen and oxygen atoms in total. The van der Waals surface area contributed by atoms with E-state index in [1.807, 2.05) is 0 Å². The fourth-order valence-corrected chi connectivity index (χ4v) is 3.58. The number of aromatic nitrogens is 1. The van der Waals surface area contributed by atoms with Gasteiger partial charge in [0.05, 0.1) is 11.4 Å². The highest BCUT2D eigenvalue weighted by atomic mass is 32.2. The summed E-state index contributed by atoms with van der Waals surface area (Å²) < 4.78 is 36.9. The predicted molar refractivity (Wildman–Crippen MR) is 115 cm³/mol. The van der Waals surface area contributed by atoms with Crippen LogP contribution >= 0.6 is 0 Å². The van der Waals surface area contributed by atoms with Crippen molar-refractivity contribution in [3.63, 3.8) is 0 Å². The van der Waals surface area contributed by atoms with Crippen LogP contribution in [0.1, 0.15) is 16.8 Å². The van der Waals surface area contributed by atoms with Crippen molar-refractivity contribution in [1.29, 1.82) is 0 Å². The lowest BCUT2D eigenvalue weighted by Crippen LogP contribution is -2.25. The highest BCUT2D eigenvalue weighted by Gasteiger charge is 2.19. The SMILES string of the molecule is CNS(=O)(=O)c1ccc(N)c(Cc2c(C)c3ccc(OC(=O)N(C)C)cc3oc2=O)n1. The van der Waals surface area contributed by atoms with Crippen molar-refractivity contribution in [2.24, 2.45) is 0 Å². The molecule has 0 bridgehead atoms. The second-order valence-corrected chi connectivity index (χ2v) is 8.82. The van der Waals surface area contributed by atoms with E-state index < -0.39 is 21.7 Å². The number of fused-ring (bicyclic) bond motifs is 1. The molecule has 0 fully saturated rings. The van der Waals surface area contributed by atoms with E-state index in [1.54, 1.807) is 33.2 Å². The zero-order valence-corrected chi connectivity index (χ0v) is 18.2. The second-order valence-electron chi connectivity index (χ2n) is 6.98. The molecule has 0 aliphatic carbocycles. The van der Waals surface area contributed by atoms with E-state index in [9.17, 15) is 18.0 Å². The summed E-state index contributed by atoms with van der Waals surface area (Å²) in [5, 5.41) is 0.436. The summed E-state index contributed by atoms with van der Waals surface area (Å²) in [5.74, 6) is 0.234. The lowest BCUT2D eigenvalue weighted by Gasteiger charge is -2.12. The average Bonchev–Trinajstić information content (AvgIpc) is 2.71. The van der Waals surface area contributed by atoms with Gasteiger partial charge in [0.2, 0.25) is 0 Å². The van der Waals surface area contributed by atoms with E-state index in [0.29, 0.717) is 16.5 Å². The lowest BCUT2D eigenvalue weighted by molar-refractivity contribution is 0.172. The number of nitrogens with one attached hydrogen (secondary N) is 1. The molecule has 0 spiro atoms. The normalized spacial score (nSPS) is 11.5. The summed E-state index contributed by atoms with van der Waals surface area (Å²) in [6.45, 7) is 1.74. The zero-order chi connectivity index (χ0) is 22.9. The molecule has 2 aromatic heterocycles. The van der Waals surface area contributed by atoms with Crippen molar-refractivity contribution < 1.29 is 22.4 Å². The number of aryl methyl sites for hydroxylation is 1. The first-order chi connectivity index (χ1) is 14.5. The number of anilines is 1. The molecule has 0 saturated carbocycles. The monoisotopic (exact) mass is 446 g/mol. The maximum Gasteiger partial charge on any atom is 0.414 e. The van der Waals surface area contributed by atoms with Crippen LogP contribution in [0.4, 0.5) is 10.5 Å². The Morgan fingerprint density at radius 3 is 2.61 bits per heavy atom. The number of rotatable bonds is 5. The number of amides is 1. The molecule has 0 aliphatic heterocycles. The van der Waals surface area contributed by atoms with Crippen LogP contribution in [-0.4, -0.2) is 45.5 Å². The largest absolute Gasteiger partial charge is 0.422 e. The second kappa shape index (κ2) is 8.36. The third-order valence-electron chi connectivity index (χ3n) is 4.70. The molecule has 0 atom stereocenters. The van der Waals surface area contributed by atoms with Gasteiger partial charge in [-0.15, -0.1) is 0 Å². The molecule has 3 N–H and O–H groups in total. The van der Waals surface area contributed by atoms with Crippen LogP contribution in [0.5, 0.6) is 5.75 Å². The van der Waals surface area contributed by atoms with E-state index >= 15 is 0 Å². The van der Waals surface area contributed by atoms with Crippen LogP contribution in [0.2, 0.25) is 0 Å². The van der Waals surface area contributed by atoms with Gasteiger partial charge in [0, 0.05) is 37.5 Å². The molecule has 1 amide bonds. The smallest absolute Gasteiger partial charge is 0.414 e. The topological polar surface area (TPSA) is 145 Å². The van der Waals surface area contributed by atoms with Crippen LogP contribution in [0.15, 0.2) is 44.6 Å². The summed E-state index contributed by atoms with van der Waals surface area (Å²) in [6, 6.07) is 7.44. The number of benzene rings is 1. The summed E-state index contributed by atoms with van der Waals surface area (Å²) in [4.78, 5) is 29.8. The Morgan fingerprint density at radius 2 is 1.97 bits per heavy atom. The zero-order valence-electron chi connectivity index (χ0n) is 17.4.